The molecule has 1 amide bonds. The van der Waals surface area contributed by atoms with Crippen molar-refractivity contribution >= 4 is 17.6 Å². The van der Waals surface area contributed by atoms with Gasteiger partial charge in [-0.25, -0.2) is 0 Å². The second-order valence-electron chi connectivity index (χ2n) is 4.76. The van der Waals surface area contributed by atoms with Crippen molar-refractivity contribution in [2.45, 2.75) is 19.4 Å². The van der Waals surface area contributed by atoms with E-state index in [1.165, 1.54) is 13.1 Å². The zero-order valence-electron chi connectivity index (χ0n) is 11.5. The first-order valence-corrected chi connectivity index (χ1v) is 6.53. The van der Waals surface area contributed by atoms with E-state index in [-0.39, 0.29) is 5.57 Å². The van der Waals surface area contributed by atoms with E-state index in [4.69, 9.17) is 10.4 Å². The highest BCUT2D eigenvalue weighted by Crippen LogP contribution is 2.27. The number of carbonyl (C=O) groups is 2. The summed E-state index contributed by atoms with van der Waals surface area (Å²) in [5, 5.41) is 20.1. The summed E-state index contributed by atoms with van der Waals surface area (Å²) in [4.78, 5) is 24.5. The SMILES string of the molecule is CC(NC(=O)/C(C#N)=C\N1CCc2ccccc21)C(=O)O. The summed E-state index contributed by atoms with van der Waals surface area (Å²) in [7, 11) is 0. The van der Waals surface area contributed by atoms with Gasteiger partial charge in [0.1, 0.15) is 17.7 Å². The van der Waals surface area contributed by atoms with Crippen LogP contribution in [0.25, 0.3) is 0 Å². The van der Waals surface area contributed by atoms with Crippen molar-refractivity contribution in [3.63, 3.8) is 0 Å². The van der Waals surface area contributed by atoms with Gasteiger partial charge in [-0.05, 0) is 25.0 Å². The summed E-state index contributed by atoms with van der Waals surface area (Å²) in [6.07, 6.45) is 2.31. The highest BCUT2D eigenvalue weighted by atomic mass is 16.4. The monoisotopic (exact) mass is 285 g/mol. The molecule has 1 atom stereocenters. The minimum atomic E-state index is -1.15. The number of amides is 1. The van der Waals surface area contributed by atoms with Crippen molar-refractivity contribution in [1.29, 1.82) is 5.26 Å². The molecule has 6 nitrogen and oxygen atoms in total. The molecule has 0 bridgehead atoms. The first-order valence-electron chi connectivity index (χ1n) is 6.53. The summed E-state index contributed by atoms with van der Waals surface area (Å²) in [5.74, 6) is -1.83. The third-order valence-corrected chi connectivity index (χ3v) is 3.29. The third kappa shape index (κ3) is 3.20. The van der Waals surface area contributed by atoms with Crippen LogP contribution in [-0.2, 0) is 16.0 Å². The molecule has 0 fully saturated rings. The molecular formula is C15H15N3O3. The van der Waals surface area contributed by atoms with Crippen LogP contribution in [0.15, 0.2) is 36.0 Å². The predicted octanol–water partition coefficient (Wildman–Crippen LogP) is 1.05. The summed E-state index contributed by atoms with van der Waals surface area (Å²) in [6.45, 7) is 2.03. The van der Waals surface area contributed by atoms with E-state index >= 15 is 0 Å². The van der Waals surface area contributed by atoms with Crippen LogP contribution in [0.3, 0.4) is 0 Å². The van der Waals surface area contributed by atoms with E-state index in [1.807, 2.05) is 35.2 Å². The molecule has 0 saturated heterocycles. The Balaban J connectivity index is 2.17. The number of hydrogen-bond acceptors (Lipinski definition) is 4. The highest BCUT2D eigenvalue weighted by molar-refractivity contribution is 5.99. The number of para-hydroxylation sites is 1. The number of rotatable bonds is 4. The van der Waals surface area contributed by atoms with E-state index in [1.54, 1.807) is 0 Å². The van der Waals surface area contributed by atoms with Crippen LogP contribution >= 0.6 is 0 Å². The summed E-state index contributed by atoms with van der Waals surface area (Å²) < 4.78 is 0. The molecule has 2 rings (SSSR count). The van der Waals surface area contributed by atoms with E-state index in [9.17, 15) is 9.59 Å². The lowest BCUT2D eigenvalue weighted by atomic mass is 10.2. The average molecular weight is 285 g/mol. The third-order valence-electron chi connectivity index (χ3n) is 3.29. The van der Waals surface area contributed by atoms with Gasteiger partial charge in [-0.15, -0.1) is 0 Å². The number of nitrogens with one attached hydrogen (secondary N) is 1. The fraction of sp³-hybridized carbons (Fsp3) is 0.267. The molecule has 0 aromatic heterocycles. The summed E-state index contributed by atoms with van der Waals surface area (Å²) in [6, 6.07) is 8.54. The number of fused-ring (bicyclic) bond motifs is 1. The average Bonchev–Trinajstić information content (AvgIpc) is 2.87. The maximum Gasteiger partial charge on any atom is 0.325 e. The topological polar surface area (TPSA) is 93.4 Å². The lowest BCUT2D eigenvalue weighted by Gasteiger charge is -2.15. The van der Waals surface area contributed by atoms with E-state index < -0.39 is 17.9 Å². The van der Waals surface area contributed by atoms with Crippen molar-refractivity contribution in [3.05, 3.63) is 41.6 Å². The number of carbonyl (C=O) groups excluding carboxylic acids is 1. The molecule has 0 spiro atoms. The van der Waals surface area contributed by atoms with Crippen LogP contribution in [-0.4, -0.2) is 29.6 Å². The van der Waals surface area contributed by atoms with E-state index in [0.717, 1.165) is 17.7 Å². The number of benzene rings is 1. The minimum absolute atomic E-state index is 0.111. The van der Waals surface area contributed by atoms with Crippen LogP contribution in [0.5, 0.6) is 0 Å². The Morgan fingerprint density at radius 2 is 2.19 bits per heavy atom. The Kier molecular flexibility index (Phi) is 4.24. The Bertz CT molecular complexity index is 646. The summed E-state index contributed by atoms with van der Waals surface area (Å²) in [5.41, 5.74) is 2.01. The minimum Gasteiger partial charge on any atom is -0.480 e. The standard InChI is InChI=1S/C15H15N3O3/c1-10(15(20)21)17-14(19)12(8-16)9-18-7-6-11-4-2-3-5-13(11)18/h2-5,9-10H,6-7H2,1H3,(H,17,19)(H,20,21)/b12-9-. The maximum absolute atomic E-state index is 11.9. The Hall–Kier alpha value is -2.81. The number of nitriles is 1. The number of carboxylic acids is 1. The molecule has 0 saturated carbocycles. The summed E-state index contributed by atoms with van der Waals surface area (Å²) >= 11 is 0. The molecule has 6 heteroatoms. The van der Waals surface area contributed by atoms with Gasteiger partial charge in [0, 0.05) is 18.4 Å². The van der Waals surface area contributed by atoms with Crippen molar-refractivity contribution in [1.82, 2.24) is 5.32 Å². The first-order chi connectivity index (χ1) is 10.0. The van der Waals surface area contributed by atoms with Gasteiger partial charge in [0.15, 0.2) is 0 Å². The fourth-order valence-electron chi connectivity index (χ4n) is 2.13. The van der Waals surface area contributed by atoms with Crippen LogP contribution in [0.1, 0.15) is 12.5 Å². The zero-order chi connectivity index (χ0) is 15.4. The van der Waals surface area contributed by atoms with Crippen LogP contribution < -0.4 is 10.2 Å². The Morgan fingerprint density at radius 3 is 2.86 bits per heavy atom. The van der Waals surface area contributed by atoms with Gasteiger partial charge < -0.3 is 15.3 Å². The van der Waals surface area contributed by atoms with E-state index in [2.05, 4.69) is 5.32 Å². The van der Waals surface area contributed by atoms with Crippen LogP contribution in [0, 0.1) is 11.3 Å². The number of hydrogen-bond donors (Lipinski definition) is 2. The quantitative estimate of drug-likeness (QED) is 0.637. The molecule has 0 aliphatic carbocycles. The van der Waals surface area contributed by atoms with Crippen LogP contribution in [0.2, 0.25) is 0 Å². The largest absolute Gasteiger partial charge is 0.480 e. The van der Waals surface area contributed by atoms with Crippen molar-refractivity contribution < 1.29 is 14.7 Å². The smallest absolute Gasteiger partial charge is 0.325 e. The Labute approximate surface area is 122 Å². The molecule has 1 heterocycles. The van der Waals surface area contributed by atoms with Crippen molar-refractivity contribution in [3.8, 4) is 6.07 Å². The van der Waals surface area contributed by atoms with Gasteiger partial charge in [-0.3, -0.25) is 9.59 Å². The van der Waals surface area contributed by atoms with Crippen LogP contribution in [0.4, 0.5) is 5.69 Å². The number of carboxylic acid groups (broad SMARTS) is 1. The molecule has 1 aromatic rings. The maximum atomic E-state index is 11.9. The van der Waals surface area contributed by atoms with Gasteiger partial charge in [-0.1, -0.05) is 18.2 Å². The molecular weight excluding hydrogens is 270 g/mol. The van der Waals surface area contributed by atoms with Gasteiger partial charge in [0.2, 0.25) is 0 Å². The molecule has 21 heavy (non-hydrogen) atoms. The lowest BCUT2D eigenvalue weighted by Crippen LogP contribution is -2.39. The van der Waals surface area contributed by atoms with Crippen molar-refractivity contribution in [2.75, 3.05) is 11.4 Å². The predicted molar refractivity (Wildman–Crippen MR) is 76.4 cm³/mol. The fourth-order valence-corrected chi connectivity index (χ4v) is 2.13. The first kappa shape index (κ1) is 14.6. The number of anilines is 1. The second kappa shape index (κ2) is 6.09. The van der Waals surface area contributed by atoms with Gasteiger partial charge >= 0.3 is 5.97 Å². The highest BCUT2D eigenvalue weighted by Gasteiger charge is 2.21. The zero-order valence-corrected chi connectivity index (χ0v) is 11.5. The molecule has 108 valence electrons. The molecule has 0 radical (unpaired) electrons. The number of nitrogens with zero attached hydrogens (tertiary/aromatic N) is 2. The van der Waals surface area contributed by atoms with Gasteiger partial charge in [0.05, 0.1) is 0 Å². The molecule has 1 aliphatic rings. The number of aliphatic carboxylic acids is 1. The van der Waals surface area contributed by atoms with Gasteiger partial charge in [0.25, 0.3) is 5.91 Å². The second-order valence-corrected chi connectivity index (χ2v) is 4.76. The normalized spacial score (nSPS) is 15.0. The molecule has 1 aromatic carbocycles. The van der Waals surface area contributed by atoms with Gasteiger partial charge in [-0.2, -0.15) is 5.26 Å². The van der Waals surface area contributed by atoms with Crippen molar-refractivity contribution in [2.24, 2.45) is 0 Å². The molecule has 1 aliphatic heterocycles. The molecule has 1 unspecified atom stereocenters. The Morgan fingerprint density at radius 1 is 1.48 bits per heavy atom. The molecule has 2 N–H and O–H groups in total. The van der Waals surface area contributed by atoms with E-state index in [0.29, 0.717) is 6.54 Å². The lowest BCUT2D eigenvalue weighted by molar-refractivity contribution is -0.140.